The van der Waals surface area contributed by atoms with Crippen LogP contribution in [0, 0.1) is 0 Å². The van der Waals surface area contributed by atoms with Gasteiger partial charge in [0.15, 0.2) is 0 Å². The van der Waals surface area contributed by atoms with Crippen molar-refractivity contribution in [2.24, 2.45) is 0 Å². The molecule has 0 unspecified atom stereocenters. The molecule has 1 atom stereocenters. The number of fused-ring (bicyclic) bond motifs is 1. The van der Waals surface area contributed by atoms with Crippen LogP contribution in [0.1, 0.15) is 23.9 Å². The number of carboxylic acids is 1. The minimum Gasteiger partial charge on any atom is -0.480 e. The third-order valence-electron chi connectivity index (χ3n) is 4.02. The summed E-state index contributed by atoms with van der Waals surface area (Å²) in [6.45, 7) is 2.41. The lowest BCUT2D eigenvalue weighted by molar-refractivity contribution is -0.139. The predicted molar refractivity (Wildman–Crippen MR) is 91.7 cm³/mol. The third-order valence-corrected chi connectivity index (χ3v) is 4.02. The van der Waals surface area contributed by atoms with Crippen LogP contribution in [0.5, 0.6) is 0 Å². The van der Waals surface area contributed by atoms with Crippen LogP contribution in [0.2, 0.25) is 0 Å². The normalized spacial score (nSPS) is 12.4. The van der Waals surface area contributed by atoms with Crippen molar-refractivity contribution < 1.29 is 9.90 Å². The molecule has 124 valence electrons. The Kier molecular flexibility index (Phi) is 4.86. The van der Waals surface area contributed by atoms with Crippen LogP contribution in [-0.4, -0.2) is 32.1 Å². The molecule has 2 aromatic heterocycles. The van der Waals surface area contributed by atoms with Gasteiger partial charge in [0.2, 0.25) is 0 Å². The highest BCUT2D eigenvalue weighted by Crippen LogP contribution is 2.19. The fraction of sp³-hybridized carbons (Fsp3) is 0.278. The number of nitrogens with one attached hydrogen (secondary N) is 2. The predicted octanol–water partition coefficient (Wildman–Crippen LogP) is 2.31. The molecular formula is C18H20N4O2. The molecule has 1 aromatic carbocycles. The minimum atomic E-state index is -0.869. The van der Waals surface area contributed by atoms with Gasteiger partial charge < -0.3 is 10.1 Å². The second kappa shape index (κ2) is 7.23. The van der Waals surface area contributed by atoms with Crippen LogP contribution in [0.15, 0.2) is 42.9 Å². The molecule has 0 bridgehead atoms. The Hall–Kier alpha value is -2.73. The van der Waals surface area contributed by atoms with Gasteiger partial charge >= 0.3 is 5.97 Å². The van der Waals surface area contributed by atoms with Gasteiger partial charge in [-0.25, -0.2) is 9.97 Å². The summed E-state index contributed by atoms with van der Waals surface area (Å²) in [6, 6.07) is 7.21. The van der Waals surface area contributed by atoms with Gasteiger partial charge in [0.25, 0.3) is 0 Å². The highest BCUT2D eigenvalue weighted by atomic mass is 16.4. The average Bonchev–Trinajstić information content (AvgIpc) is 3.02. The summed E-state index contributed by atoms with van der Waals surface area (Å²) in [4.78, 5) is 23.2. The molecule has 0 aliphatic rings. The highest BCUT2D eigenvalue weighted by Gasteiger charge is 2.19. The van der Waals surface area contributed by atoms with Gasteiger partial charge in [-0.2, -0.15) is 0 Å². The van der Waals surface area contributed by atoms with Gasteiger partial charge in [-0.1, -0.05) is 25.1 Å². The molecule has 0 saturated carbocycles. The number of hydrogen-bond acceptors (Lipinski definition) is 4. The fourth-order valence-electron chi connectivity index (χ4n) is 2.66. The number of aliphatic carboxylic acids is 1. The summed E-state index contributed by atoms with van der Waals surface area (Å²) in [7, 11) is 0. The average molecular weight is 324 g/mol. The second-order valence-corrected chi connectivity index (χ2v) is 5.70. The Morgan fingerprint density at radius 3 is 2.75 bits per heavy atom. The molecule has 0 aliphatic carbocycles. The molecule has 0 aliphatic heterocycles. The first-order chi connectivity index (χ1) is 11.7. The van der Waals surface area contributed by atoms with Crippen LogP contribution in [0.25, 0.3) is 10.9 Å². The number of carbonyl (C=O) groups is 1. The van der Waals surface area contributed by atoms with Crippen molar-refractivity contribution in [3.63, 3.8) is 0 Å². The number of para-hydroxylation sites is 1. The number of hydrogen-bond donors (Lipinski definition) is 3. The van der Waals surface area contributed by atoms with Crippen LogP contribution in [-0.2, 0) is 24.2 Å². The lowest BCUT2D eigenvalue weighted by Crippen LogP contribution is -2.38. The minimum absolute atomic E-state index is 0.410. The summed E-state index contributed by atoms with van der Waals surface area (Å²) >= 11 is 0. The maximum atomic E-state index is 11.6. The zero-order valence-electron chi connectivity index (χ0n) is 13.5. The summed E-state index contributed by atoms with van der Waals surface area (Å²) in [5, 5.41) is 13.6. The summed E-state index contributed by atoms with van der Waals surface area (Å²) in [5.74, 6) is -0.0845. The van der Waals surface area contributed by atoms with E-state index in [9.17, 15) is 9.90 Å². The topological polar surface area (TPSA) is 90.9 Å². The summed E-state index contributed by atoms with van der Waals surface area (Å²) in [5.41, 5.74) is 2.88. The van der Waals surface area contributed by atoms with Gasteiger partial charge in [0.05, 0.1) is 0 Å². The number of aromatic nitrogens is 3. The lowest BCUT2D eigenvalue weighted by atomic mass is 10.0. The van der Waals surface area contributed by atoms with Gasteiger partial charge in [0, 0.05) is 54.4 Å². The number of nitrogens with zero attached hydrogens (tertiary/aromatic N) is 2. The number of H-pyrrole nitrogens is 1. The van der Waals surface area contributed by atoms with E-state index in [1.807, 2.05) is 37.4 Å². The van der Waals surface area contributed by atoms with Crippen molar-refractivity contribution in [3.05, 3.63) is 59.8 Å². The monoisotopic (exact) mass is 324 g/mol. The van der Waals surface area contributed by atoms with Crippen LogP contribution in [0.4, 0.5) is 0 Å². The van der Waals surface area contributed by atoms with E-state index in [2.05, 4.69) is 20.3 Å². The SMILES string of the molecule is CCc1ncc(CN[C@H](Cc2c[nH]c3ccccc23)C(=O)O)cn1. The van der Waals surface area contributed by atoms with Crippen molar-refractivity contribution in [2.75, 3.05) is 0 Å². The zero-order chi connectivity index (χ0) is 16.9. The van der Waals surface area contributed by atoms with E-state index in [-0.39, 0.29) is 0 Å². The molecule has 3 N–H and O–H groups in total. The van der Waals surface area contributed by atoms with E-state index >= 15 is 0 Å². The van der Waals surface area contributed by atoms with Crippen molar-refractivity contribution in [1.29, 1.82) is 0 Å². The van der Waals surface area contributed by atoms with E-state index < -0.39 is 12.0 Å². The molecule has 2 heterocycles. The third kappa shape index (κ3) is 3.60. The van der Waals surface area contributed by atoms with Crippen molar-refractivity contribution >= 4 is 16.9 Å². The number of aromatic amines is 1. The van der Waals surface area contributed by atoms with Gasteiger partial charge in [-0.3, -0.25) is 10.1 Å². The van der Waals surface area contributed by atoms with Crippen molar-refractivity contribution in [1.82, 2.24) is 20.3 Å². The molecular weight excluding hydrogens is 304 g/mol. The number of aryl methyl sites for hydroxylation is 1. The number of benzene rings is 1. The number of rotatable bonds is 7. The molecule has 6 nitrogen and oxygen atoms in total. The Balaban J connectivity index is 1.69. The van der Waals surface area contributed by atoms with Crippen LogP contribution < -0.4 is 5.32 Å². The highest BCUT2D eigenvalue weighted by molar-refractivity contribution is 5.84. The van der Waals surface area contributed by atoms with Gasteiger partial charge in [0.1, 0.15) is 11.9 Å². The second-order valence-electron chi connectivity index (χ2n) is 5.70. The quantitative estimate of drug-likeness (QED) is 0.620. The standard InChI is InChI=1S/C18H20N4O2/c1-2-17-21-9-12(10-22-17)8-19-16(18(23)24)7-13-11-20-15-6-4-3-5-14(13)15/h3-6,9-11,16,19-20H,2,7-8H2,1H3,(H,23,24)/t16-/m1/s1. The van der Waals surface area contributed by atoms with Gasteiger partial charge in [-0.05, 0) is 11.6 Å². The Labute approximate surface area is 140 Å². The molecule has 0 saturated heterocycles. The molecule has 3 aromatic rings. The molecule has 0 amide bonds. The molecule has 0 radical (unpaired) electrons. The molecule has 3 rings (SSSR count). The van der Waals surface area contributed by atoms with E-state index in [1.54, 1.807) is 12.4 Å². The van der Waals surface area contributed by atoms with E-state index in [0.29, 0.717) is 13.0 Å². The Morgan fingerprint density at radius 2 is 2.04 bits per heavy atom. The van der Waals surface area contributed by atoms with Crippen LogP contribution in [0.3, 0.4) is 0 Å². The number of carboxylic acid groups (broad SMARTS) is 1. The molecule has 0 fully saturated rings. The Bertz CT molecular complexity index is 826. The molecule has 0 spiro atoms. The fourth-order valence-corrected chi connectivity index (χ4v) is 2.66. The summed E-state index contributed by atoms with van der Waals surface area (Å²) in [6.07, 6.45) is 6.55. The summed E-state index contributed by atoms with van der Waals surface area (Å²) < 4.78 is 0. The largest absolute Gasteiger partial charge is 0.480 e. The van der Waals surface area contributed by atoms with E-state index in [0.717, 1.165) is 34.3 Å². The Morgan fingerprint density at radius 1 is 1.29 bits per heavy atom. The van der Waals surface area contributed by atoms with Crippen molar-refractivity contribution in [3.8, 4) is 0 Å². The molecule has 6 heteroatoms. The maximum absolute atomic E-state index is 11.6. The first kappa shape index (κ1) is 16.1. The molecule has 24 heavy (non-hydrogen) atoms. The smallest absolute Gasteiger partial charge is 0.321 e. The first-order valence-corrected chi connectivity index (χ1v) is 7.98. The van der Waals surface area contributed by atoms with E-state index in [1.165, 1.54) is 0 Å². The lowest BCUT2D eigenvalue weighted by Gasteiger charge is -2.14. The maximum Gasteiger partial charge on any atom is 0.321 e. The van der Waals surface area contributed by atoms with Crippen LogP contribution >= 0.6 is 0 Å². The zero-order valence-corrected chi connectivity index (χ0v) is 13.5. The van der Waals surface area contributed by atoms with Gasteiger partial charge in [-0.15, -0.1) is 0 Å². The first-order valence-electron chi connectivity index (χ1n) is 7.98. The van der Waals surface area contributed by atoms with Crippen molar-refractivity contribution in [2.45, 2.75) is 32.4 Å². The van der Waals surface area contributed by atoms with E-state index in [4.69, 9.17) is 0 Å².